The Bertz CT molecular complexity index is 505. The molecular weight excluding hydrogens is 224 g/mol. The molecular formula is C15H20N2O. The maximum atomic E-state index is 5.88. The number of aromatic amines is 1. The number of hydrogen-bond donors (Lipinski definition) is 1. The minimum absolute atomic E-state index is 0.133. The van der Waals surface area contributed by atoms with Gasteiger partial charge in [0.1, 0.15) is 5.60 Å². The topological polar surface area (TPSA) is 28.3 Å². The number of H-pyrrole nitrogens is 1. The number of hydrogen-bond acceptors (Lipinski definition) is 2. The molecule has 2 aromatic rings. The fourth-order valence-electron chi connectivity index (χ4n) is 2.88. The predicted molar refractivity (Wildman–Crippen MR) is 73.7 cm³/mol. The van der Waals surface area contributed by atoms with Crippen molar-refractivity contribution in [1.82, 2.24) is 9.88 Å². The van der Waals surface area contributed by atoms with Crippen LogP contribution < -0.4 is 0 Å². The normalized spacial score (nSPS) is 20.3. The fraction of sp³-hybridized carbons (Fsp3) is 0.467. The number of rotatable bonds is 2. The van der Waals surface area contributed by atoms with Crippen LogP contribution in [0, 0.1) is 0 Å². The van der Waals surface area contributed by atoms with Gasteiger partial charge in [-0.25, -0.2) is 0 Å². The molecule has 3 heteroatoms. The van der Waals surface area contributed by atoms with Gasteiger partial charge in [-0.2, -0.15) is 0 Å². The summed E-state index contributed by atoms with van der Waals surface area (Å²) in [7, 11) is 4.00. The Hall–Kier alpha value is -1.32. The standard InChI is InChI=1S/C15H20N2O/c1-17-9-7-15(18-2,8-10-17)14-11-12-5-3-4-6-13(12)16-14/h3-6,11,16H,7-10H2,1-2H3. The van der Waals surface area contributed by atoms with Gasteiger partial charge in [0.2, 0.25) is 0 Å². The highest BCUT2D eigenvalue weighted by atomic mass is 16.5. The molecule has 0 saturated carbocycles. The quantitative estimate of drug-likeness (QED) is 0.880. The second-order valence-electron chi connectivity index (χ2n) is 5.27. The van der Waals surface area contributed by atoms with Crippen molar-refractivity contribution in [3.63, 3.8) is 0 Å². The number of likely N-dealkylation sites (tertiary alicyclic amines) is 1. The van der Waals surface area contributed by atoms with Crippen molar-refractivity contribution >= 4 is 10.9 Å². The Labute approximate surface area is 108 Å². The van der Waals surface area contributed by atoms with Gasteiger partial charge in [-0.3, -0.25) is 0 Å². The summed E-state index contributed by atoms with van der Waals surface area (Å²) in [5.74, 6) is 0. The number of nitrogens with zero attached hydrogens (tertiary/aromatic N) is 1. The van der Waals surface area contributed by atoms with Gasteiger partial charge in [-0.15, -0.1) is 0 Å². The van der Waals surface area contributed by atoms with Gasteiger partial charge in [-0.1, -0.05) is 18.2 Å². The summed E-state index contributed by atoms with van der Waals surface area (Å²) in [6.07, 6.45) is 2.10. The smallest absolute Gasteiger partial charge is 0.110 e. The zero-order chi connectivity index (χ0) is 12.6. The van der Waals surface area contributed by atoms with Crippen molar-refractivity contribution in [2.24, 2.45) is 0 Å². The molecule has 0 bridgehead atoms. The number of methoxy groups -OCH3 is 1. The largest absolute Gasteiger partial charge is 0.372 e. The predicted octanol–water partition coefficient (Wildman–Crippen LogP) is 2.74. The average molecular weight is 244 g/mol. The average Bonchev–Trinajstić information content (AvgIpc) is 2.84. The van der Waals surface area contributed by atoms with Crippen molar-refractivity contribution < 1.29 is 4.74 Å². The van der Waals surface area contributed by atoms with E-state index in [4.69, 9.17) is 4.74 Å². The number of para-hydroxylation sites is 1. The van der Waals surface area contributed by atoms with Crippen molar-refractivity contribution in [2.45, 2.75) is 18.4 Å². The third-order valence-corrected chi connectivity index (χ3v) is 4.21. The molecule has 0 aliphatic carbocycles. The third kappa shape index (κ3) is 1.84. The second kappa shape index (κ2) is 4.41. The van der Waals surface area contributed by atoms with E-state index in [1.165, 1.54) is 16.6 Å². The molecule has 1 aromatic carbocycles. The molecule has 96 valence electrons. The molecule has 1 aliphatic rings. The molecule has 1 aliphatic heterocycles. The summed E-state index contributed by atoms with van der Waals surface area (Å²) >= 11 is 0. The van der Waals surface area contributed by atoms with E-state index < -0.39 is 0 Å². The van der Waals surface area contributed by atoms with Crippen LogP contribution in [0.25, 0.3) is 10.9 Å². The molecule has 0 radical (unpaired) electrons. The summed E-state index contributed by atoms with van der Waals surface area (Å²) in [6.45, 7) is 2.17. The van der Waals surface area contributed by atoms with E-state index in [9.17, 15) is 0 Å². The molecule has 0 unspecified atom stereocenters. The van der Waals surface area contributed by atoms with Gasteiger partial charge >= 0.3 is 0 Å². The SMILES string of the molecule is COC1(c2cc3ccccc3[nH]2)CCN(C)CC1. The van der Waals surface area contributed by atoms with Crippen molar-refractivity contribution in [2.75, 3.05) is 27.2 Å². The third-order valence-electron chi connectivity index (χ3n) is 4.21. The van der Waals surface area contributed by atoms with E-state index >= 15 is 0 Å². The van der Waals surface area contributed by atoms with Gasteiger partial charge in [0.25, 0.3) is 0 Å². The Morgan fingerprint density at radius 2 is 1.94 bits per heavy atom. The number of piperidine rings is 1. The van der Waals surface area contributed by atoms with Crippen LogP contribution in [0.2, 0.25) is 0 Å². The van der Waals surface area contributed by atoms with E-state index in [1.54, 1.807) is 0 Å². The van der Waals surface area contributed by atoms with Crippen LogP contribution in [0.15, 0.2) is 30.3 Å². The number of fused-ring (bicyclic) bond motifs is 1. The van der Waals surface area contributed by atoms with Crippen LogP contribution in [-0.4, -0.2) is 37.1 Å². The monoisotopic (exact) mass is 244 g/mol. The zero-order valence-electron chi connectivity index (χ0n) is 11.1. The lowest BCUT2D eigenvalue weighted by Gasteiger charge is -2.39. The Morgan fingerprint density at radius 1 is 1.22 bits per heavy atom. The van der Waals surface area contributed by atoms with Gasteiger partial charge in [0.15, 0.2) is 0 Å². The molecule has 1 aromatic heterocycles. The summed E-state index contributed by atoms with van der Waals surface area (Å²) in [5, 5.41) is 1.27. The minimum Gasteiger partial charge on any atom is -0.372 e. The molecule has 18 heavy (non-hydrogen) atoms. The lowest BCUT2D eigenvalue weighted by Crippen LogP contribution is -2.42. The number of nitrogens with one attached hydrogen (secondary N) is 1. The molecule has 3 nitrogen and oxygen atoms in total. The van der Waals surface area contributed by atoms with Gasteiger partial charge < -0.3 is 14.6 Å². The van der Waals surface area contributed by atoms with Crippen LogP contribution in [-0.2, 0) is 10.3 Å². The van der Waals surface area contributed by atoms with Crippen LogP contribution in [0.4, 0.5) is 0 Å². The van der Waals surface area contributed by atoms with E-state index in [2.05, 4.69) is 47.3 Å². The molecule has 1 N–H and O–H groups in total. The Balaban J connectivity index is 2.00. The molecule has 3 rings (SSSR count). The van der Waals surface area contributed by atoms with Crippen molar-refractivity contribution in [1.29, 1.82) is 0 Å². The van der Waals surface area contributed by atoms with Crippen LogP contribution in [0.3, 0.4) is 0 Å². The molecule has 2 heterocycles. The summed E-state index contributed by atoms with van der Waals surface area (Å²) in [5.41, 5.74) is 2.29. The first-order valence-corrected chi connectivity index (χ1v) is 6.55. The van der Waals surface area contributed by atoms with Crippen molar-refractivity contribution in [3.8, 4) is 0 Å². The first-order chi connectivity index (χ1) is 8.73. The van der Waals surface area contributed by atoms with E-state index in [0.29, 0.717) is 0 Å². The van der Waals surface area contributed by atoms with Gasteiger partial charge in [0, 0.05) is 31.4 Å². The summed E-state index contributed by atoms with van der Waals surface area (Å²) < 4.78 is 5.88. The van der Waals surface area contributed by atoms with E-state index in [-0.39, 0.29) is 5.60 Å². The van der Waals surface area contributed by atoms with Crippen LogP contribution in [0.1, 0.15) is 18.5 Å². The molecule has 1 saturated heterocycles. The first kappa shape index (κ1) is 11.8. The van der Waals surface area contributed by atoms with Gasteiger partial charge in [-0.05, 0) is 37.4 Å². The second-order valence-corrected chi connectivity index (χ2v) is 5.27. The van der Waals surface area contributed by atoms with Crippen LogP contribution in [0.5, 0.6) is 0 Å². The lowest BCUT2D eigenvalue weighted by atomic mass is 9.88. The van der Waals surface area contributed by atoms with Gasteiger partial charge in [0.05, 0.1) is 0 Å². The van der Waals surface area contributed by atoms with Crippen molar-refractivity contribution in [3.05, 3.63) is 36.0 Å². The summed E-state index contributed by atoms with van der Waals surface area (Å²) in [4.78, 5) is 5.89. The maximum Gasteiger partial charge on any atom is 0.110 e. The molecule has 0 amide bonds. The highest BCUT2D eigenvalue weighted by molar-refractivity contribution is 5.80. The molecule has 0 spiro atoms. The van der Waals surface area contributed by atoms with E-state index in [0.717, 1.165) is 25.9 Å². The highest BCUT2D eigenvalue weighted by Gasteiger charge is 2.36. The Kier molecular flexibility index (Phi) is 2.88. The minimum atomic E-state index is -0.133. The zero-order valence-corrected chi connectivity index (χ0v) is 11.1. The number of ether oxygens (including phenoxy) is 1. The number of aromatic nitrogens is 1. The maximum absolute atomic E-state index is 5.88. The highest BCUT2D eigenvalue weighted by Crippen LogP contribution is 2.36. The first-order valence-electron chi connectivity index (χ1n) is 6.55. The number of benzene rings is 1. The lowest BCUT2D eigenvalue weighted by molar-refractivity contribution is -0.0611. The summed E-state index contributed by atoms with van der Waals surface area (Å²) in [6, 6.07) is 10.7. The Morgan fingerprint density at radius 3 is 2.61 bits per heavy atom. The van der Waals surface area contributed by atoms with Crippen LogP contribution >= 0.6 is 0 Å². The fourth-order valence-corrected chi connectivity index (χ4v) is 2.88. The van der Waals surface area contributed by atoms with E-state index in [1.807, 2.05) is 7.11 Å². The molecule has 0 atom stereocenters. The molecule has 1 fully saturated rings.